The van der Waals surface area contributed by atoms with Crippen LogP contribution in [0.15, 0.2) is 118 Å². The Labute approximate surface area is 328 Å². The third-order valence-electron chi connectivity index (χ3n) is 9.00. The number of β-lactam (4-membered cyclic amide) rings is 1. The molecule has 5 aromatic rings. The highest BCUT2D eigenvalue weighted by molar-refractivity contribution is 8.01. The number of unbranched alkanes of at least 4 members (excludes halogenated alkanes) is 1. The first-order valence-corrected chi connectivity index (χ1v) is 20.2. The van der Waals surface area contributed by atoms with E-state index in [-0.39, 0.29) is 29.5 Å². The number of fused-ring (bicyclic) bond motifs is 1. The highest BCUT2D eigenvalue weighted by Crippen LogP contribution is 2.42. The number of thiazole rings is 1. The standard InChI is InChI=1S/C37H36N10O5S3/c1-2-3-19-52-43-28(31(48)40-29-32(49)46-30(34(50)51)23(20-53-33(29)46)21-55-36-42-44-45-47(36)38)27-22-54-35(39-27)41-37(24-13-7-4-8-14-24,25-15-9-5-10-16-25)26-17-11-6-12-18-26/h4-18,22,29,33H,2-3,19-21,38H2,1H3,(H,39,41)(H,40,48)(H,50,51)/b43-28-/t29-,33+/m1/s1. The van der Waals surface area contributed by atoms with E-state index in [0.717, 1.165) is 46.1 Å². The minimum absolute atomic E-state index is 0.109. The second kappa shape index (κ2) is 16.7. The number of aliphatic carboxylic acids is 1. The SMILES string of the molecule is CCCCO/N=C(\C(=O)N[C@@H]1C(=O)N2C(C(=O)O)=C(CSc3nnnn3N)CS[C@@H]12)c1csc(NC(c2ccccc2)(c2ccccc2)c2ccccc2)n1. The van der Waals surface area contributed by atoms with E-state index in [1.54, 1.807) is 5.38 Å². The first kappa shape index (κ1) is 37.6. The Morgan fingerprint density at radius 3 is 2.24 bits per heavy atom. The molecule has 0 aliphatic carbocycles. The fraction of sp³-hybridized carbons (Fsp3) is 0.243. The number of nitrogen functional groups attached to an aromatic ring is 1. The number of carbonyl (C=O) groups excluding carboxylic acids is 2. The lowest BCUT2D eigenvalue weighted by atomic mass is 9.77. The first-order valence-electron chi connectivity index (χ1n) is 17.3. The van der Waals surface area contributed by atoms with Crippen LogP contribution in [0.1, 0.15) is 42.1 Å². The van der Waals surface area contributed by atoms with E-state index in [0.29, 0.717) is 21.6 Å². The van der Waals surface area contributed by atoms with Gasteiger partial charge >= 0.3 is 5.97 Å². The number of amides is 2. The molecule has 3 aromatic carbocycles. The fourth-order valence-corrected chi connectivity index (χ4v) is 9.37. The lowest BCUT2D eigenvalue weighted by Crippen LogP contribution is -2.71. The number of nitrogens with two attached hydrogens (primary N) is 1. The summed E-state index contributed by atoms with van der Waals surface area (Å²) in [5.41, 5.74) is 2.59. The molecule has 55 heavy (non-hydrogen) atoms. The molecule has 4 heterocycles. The molecule has 18 heteroatoms. The zero-order chi connectivity index (χ0) is 38.4. The number of hydrogen-bond donors (Lipinski definition) is 4. The van der Waals surface area contributed by atoms with Crippen molar-refractivity contribution >= 4 is 63.5 Å². The van der Waals surface area contributed by atoms with Gasteiger partial charge in [0.25, 0.3) is 11.8 Å². The molecule has 0 saturated carbocycles. The fourth-order valence-electron chi connectivity index (χ4n) is 6.34. The number of carbonyl (C=O) groups is 3. The molecule has 2 atom stereocenters. The maximum absolute atomic E-state index is 14.0. The monoisotopic (exact) mass is 796 g/mol. The van der Waals surface area contributed by atoms with Crippen LogP contribution >= 0.6 is 34.9 Å². The number of benzene rings is 3. The second-order valence-electron chi connectivity index (χ2n) is 12.5. The smallest absolute Gasteiger partial charge is 0.352 e. The largest absolute Gasteiger partial charge is 0.477 e. The van der Waals surface area contributed by atoms with Gasteiger partial charge in [0.15, 0.2) is 10.8 Å². The minimum atomic E-state index is -1.25. The summed E-state index contributed by atoms with van der Waals surface area (Å²) in [6, 6.07) is 29.2. The van der Waals surface area contributed by atoms with Crippen LogP contribution in [0.4, 0.5) is 5.13 Å². The van der Waals surface area contributed by atoms with Crippen molar-refractivity contribution in [3.63, 3.8) is 0 Å². The Hall–Kier alpha value is -5.72. The molecule has 282 valence electrons. The quantitative estimate of drug-likeness (QED) is 0.0210. The Morgan fingerprint density at radius 2 is 1.67 bits per heavy atom. The van der Waals surface area contributed by atoms with Crippen molar-refractivity contribution in [1.82, 2.24) is 35.5 Å². The molecule has 5 N–H and O–H groups in total. The average Bonchev–Trinajstić information content (AvgIpc) is 3.86. The number of hydrogen-bond acceptors (Lipinski definition) is 14. The van der Waals surface area contributed by atoms with Gasteiger partial charge in [-0.2, -0.15) is 0 Å². The Morgan fingerprint density at radius 1 is 1.04 bits per heavy atom. The molecule has 7 rings (SSSR count). The summed E-state index contributed by atoms with van der Waals surface area (Å²) in [4.78, 5) is 52.6. The van der Waals surface area contributed by atoms with Gasteiger partial charge < -0.3 is 26.4 Å². The molecule has 2 aliphatic rings. The Bertz CT molecular complexity index is 2120. The number of anilines is 1. The molecule has 0 unspecified atom stereocenters. The van der Waals surface area contributed by atoms with Crippen molar-refractivity contribution in [1.29, 1.82) is 0 Å². The number of nitrogens with one attached hydrogen (secondary N) is 2. The summed E-state index contributed by atoms with van der Waals surface area (Å²) in [6.07, 6.45) is 1.58. The molecular weight excluding hydrogens is 761 g/mol. The molecule has 0 radical (unpaired) electrons. The molecule has 2 amide bonds. The van der Waals surface area contributed by atoms with E-state index in [1.165, 1.54) is 28.0 Å². The third kappa shape index (κ3) is 7.65. The molecule has 1 saturated heterocycles. The summed E-state index contributed by atoms with van der Waals surface area (Å²) in [6.45, 7) is 2.29. The molecule has 2 aromatic heterocycles. The van der Waals surface area contributed by atoms with Gasteiger partial charge in [0.05, 0.1) is 0 Å². The highest BCUT2D eigenvalue weighted by atomic mass is 32.2. The minimum Gasteiger partial charge on any atom is -0.477 e. The van der Waals surface area contributed by atoms with E-state index < -0.39 is 34.7 Å². The van der Waals surface area contributed by atoms with Crippen LogP contribution in [0.3, 0.4) is 0 Å². The van der Waals surface area contributed by atoms with Crippen molar-refractivity contribution in [3.05, 3.63) is 130 Å². The van der Waals surface area contributed by atoms with Crippen molar-refractivity contribution in [2.45, 2.75) is 41.9 Å². The topological polar surface area (TPSA) is 203 Å². The van der Waals surface area contributed by atoms with Crippen LogP contribution in [-0.2, 0) is 24.8 Å². The summed E-state index contributed by atoms with van der Waals surface area (Å²) in [7, 11) is 0. The molecule has 0 bridgehead atoms. The molecule has 0 spiro atoms. The summed E-state index contributed by atoms with van der Waals surface area (Å²) < 4.78 is 0. The van der Waals surface area contributed by atoms with Crippen LogP contribution < -0.4 is 16.5 Å². The van der Waals surface area contributed by atoms with Crippen molar-refractivity contribution < 1.29 is 24.3 Å². The number of carboxylic acids is 1. The van der Waals surface area contributed by atoms with Gasteiger partial charge in [0, 0.05) is 16.9 Å². The van der Waals surface area contributed by atoms with Gasteiger partial charge in [-0.3, -0.25) is 14.5 Å². The predicted molar refractivity (Wildman–Crippen MR) is 211 cm³/mol. The van der Waals surface area contributed by atoms with E-state index in [2.05, 4.69) is 67.7 Å². The van der Waals surface area contributed by atoms with Gasteiger partial charge in [-0.1, -0.05) is 126 Å². The second-order valence-corrected chi connectivity index (χ2v) is 15.4. The Kier molecular flexibility index (Phi) is 11.4. The number of thioether (sulfide) groups is 2. The Balaban J connectivity index is 1.15. The van der Waals surface area contributed by atoms with Crippen LogP contribution in [0, 0.1) is 0 Å². The van der Waals surface area contributed by atoms with Crippen molar-refractivity contribution in [2.24, 2.45) is 5.16 Å². The van der Waals surface area contributed by atoms with Crippen LogP contribution in [-0.4, -0.2) is 88.3 Å². The lowest BCUT2D eigenvalue weighted by Gasteiger charge is -2.49. The number of carboxylic acid groups (broad SMARTS) is 1. The predicted octanol–water partition coefficient (Wildman–Crippen LogP) is 4.30. The maximum atomic E-state index is 14.0. The van der Waals surface area contributed by atoms with Crippen molar-refractivity contribution in [2.75, 3.05) is 29.3 Å². The van der Waals surface area contributed by atoms with Crippen LogP contribution in [0.5, 0.6) is 0 Å². The maximum Gasteiger partial charge on any atom is 0.352 e. The number of rotatable bonds is 16. The summed E-state index contributed by atoms with van der Waals surface area (Å²) in [5.74, 6) is 3.72. The van der Waals surface area contributed by atoms with Gasteiger partial charge in [-0.15, -0.1) is 27.9 Å². The zero-order valence-corrected chi connectivity index (χ0v) is 31.9. The molecule has 15 nitrogen and oxygen atoms in total. The van der Waals surface area contributed by atoms with E-state index in [4.69, 9.17) is 15.7 Å². The van der Waals surface area contributed by atoms with E-state index in [9.17, 15) is 19.5 Å². The highest BCUT2D eigenvalue weighted by Gasteiger charge is 2.54. The summed E-state index contributed by atoms with van der Waals surface area (Å²) >= 11 is 3.80. The van der Waals surface area contributed by atoms with Gasteiger partial charge in [-0.05, 0) is 39.1 Å². The lowest BCUT2D eigenvalue weighted by molar-refractivity contribution is -0.150. The van der Waals surface area contributed by atoms with Crippen LogP contribution in [0.25, 0.3) is 0 Å². The van der Waals surface area contributed by atoms with E-state index in [1.807, 2.05) is 61.5 Å². The normalized spacial score (nSPS) is 17.0. The molecule has 2 aliphatic heterocycles. The number of oxime groups is 1. The number of aromatic nitrogens is 5. The summed E-state index contributed by atoms with van der Waals surface area (Å²) in [5, 5.41) is 33.6. The first-order chi connectivity index (χ1) is 26.8. The molecular formula is C37H36N10O5S3. The van der Waals surface area contributed by atoms with Crippen LogP contribution in [0.2, 0.25) is 0 Å². The van der Waals surface area contributed by atoms with Gasteiger partial charge in [0.1, 0.15) is 35.0 Å². The molecule has 1 fully saturated rings. The van der Waals surface area contributed by atoms with E-state index >= 15 is 0 Å². The zero-order valence-electron chi connectivity index (χ0n) is 29.4. The van der Waals surface area contributed by atoms with Gasteiger partial charge in [-0.25, -0.2) is 9.78 Å². The van der Waals surface area contributed by atoms with Gasteiger partial charge in [0.2, 0.25) is 5.16 Å². The third-order valence-corrected chi connectivity index (χ3v) is 12.1. The average molecular weight is 797 g/mol. The number of tetrazole rings is 1. The number of nitrogens with zero attached hydrogens (tertiary/aromatic N) is 7. The van der Waals surface area contributed by atoms with Crippen molar-refractivity contribution in [3.8, 4) is 0 Å².